The van der Waals surface area contributed by atoms with E-state index in [2.05, 4.69) is 9.98 Å². The number of hydrogen-bond acceptors (Lipinski definition) is 4. The van der Waals surface area contributed by atoms with Crippen LogP contribution >= 0.6 is 0 Å². The molecule has 178 valence electrons. The van der Waals surface area contributed by atoms with Crippen LogP contribution in [-0.2, 0) is 4.79 Å². The van der Waals surface area contributed by atoms with Gasteiger partial charge in [-0.2, -0.15) is 26.3 Å². The number of halogens is 7. The average Bonchev–Trinajstić information content (AvgIpc) is 2.72. The molecule has 0 bridgehead atoms. The summed E-state index contributed by atoms with van der Waals surface area (Å²) in [5, 5.41) is 1.51. The Hall–Kier alpha value is -3.77. The standard InChI is InChI=1S/C21H13F7N4O2/c1-10-3-2-4-11(9-10)15-29-16-14(19(31-15,20(23,24)25)21(26,27)28)17(33)30-18(34)32(16)13-7-5-12(22)6-8-13/h2-9,14H,1H3,(H,30,33,34). The van der Waals surface area contributed by atoms with Crippen LogP contribution < -0.4 is 10.2 Å². The molecule has 2 aromatic rings. The minimum atomic E-state index is -6.11. The Morgan fingerprint density at radius 1 is 0.971 bits per heavy atom. The highest BCUT2D eigenvalue weighted by molar-refractivity contribution is 6.33. The molecule has 2 aliphatic heterocycles. The van der Waals surface area contributed by atoms with Gasteiger partial charge >= 0.3 is 18.4 Å². The van der Waals surface area contributed by atoms with Crippen molar-refractivity contribution in [3.05, 3.63) is 65.5 Å². The van der Waals surface area contributed by atoms with Crippen LogP contribution in [0.1, 0.15) is 11.1 Å². The van der Waals surface area contributed by atoms with Crippen molar-refractivity contribution in [1.82, 2.24) is 5.32 Å². The topological polar surface area (TPSA) is 74.1 Å². The van der Waals surface area contributed by atoms with Crippen molar-refractivity contribution >= 4 is 29.3 Å². The number of carbonyl (C=O) groups is 2. The van der Waals surface area contributed by atoms with Gasteiger partial charge in [0.1, 0.15) is 17.6 Å². The summed E-state index contributed by atoms with van der Waals surface area (Å²) >= 11 is 0. The first-order valence-electron chi connectivity index (χ1n) is 9.56. The lowest BCUT2D eigenvalue weighted by molar-refractivity contribution is -0.302. The molecule has 0 aliphatic carbocycles. The second kappa shape index (κ2) is 7.64. The highest BCUT2D eigenvalue weighted by Gasteiger charge is 2.79. The van der Waals surface area contributed by atoms with Gasteiger partial charge < -0.3 is 0 Å². The van der Waals surface area contributed by atoms with Crippen molar-refractivity contribution in [2.24, 2.45) is 15.9 Å². The fraction of sp³-hybridized carbons (Fsp3) is 0.238. The Balaban J connectivity index is 2.06. The Morgan fingerprint density at radius 3 is 2.15 bits per heavy atom. The van der Waals surface area contributed by atoms with Gasteiger partial charge in [-0.25, -0.2) is 24.1 Å². The molecule has 0 aromatic heterocycles. The van der Waals surface area contributed by atoms with Crippen molar-refractivity contribution in [3.8, 4) is 0 Å². The summed E-state index contributed by atoms with van der Waals surface area (Å²) < 4.78 is 99.0. The number of benzene rings is 2. The lowest BCUT2D eigenvalue weighted by atomic mass is 9.78. The van der Waals surface area contributed by atoms with Crippen LogP contribution in [0, 0.1) is 18.7 Å². The molecule has 3 amide bonds. The molecule has 1 unspecified atom stereocenters. The highest BCUT2D eigenvalue weighted by Crippen LogP contribution is 2.53. The van der Waals surface area contributed by atoms with E-state index in [0.29, 0.717) is 10.5 Å². The van der Waals surface area contributed by atoms with Crippen LogP contribution in [0.2, 0.25) is 0 Å². The molecule has 2 aromatic carbocycles. The normalized spacial score (nSPS) is 20.4. The van der Waals surface area contributed by atoms with Gasteiger partial charge in [-0.1, -0.05) is 23.8 Å². The van der Waals surface area contributed by atoms with Crippen LogP contribution in [-0.4, -0.2) is 41.5 Å². The first kappa shape index (κ1) is 23.4. The third-order valence-corrected chi connectivity index (χ3v) is 5.33. The zero-order chi connectivity index (χ0) is 25.1. The second-order valence-corrected chi connectivity index (χ2v) is 7.58. The number of rotatable bonds is 2. The third kappa shape index (κ3) is 3.51. The van der Waals surface area contributed by atoms with E-state index in [1.54, 1.807) is 13.0 Å². The smallest absolute Gasteiger partial charge is 0.277 e. The summed E-state index contributed by atoms with van der Waals surface area (Å²) in [6.45, 7) is 1.55. The van der Waals surface area contributed by atoms with Gasteiger partial charge in [0, 0.05) is 5.56 Å². The first-order chi connectivity index (χ1) is 15.8. The molecule has 2 aliphatic rings. The predicted octanol–water partition coefficient (Wildman–Crippen LogP) is 4.53. The average molecular weight is 486 g/mol. The molecule has 4 rings (SSSR count). The number of hydrogen-bond donors (Lipinski definition) is 1. The largest absolute Gasteiger partial charge is 0.423 e. The molecular formula is C21H13F7N4O2. The van der Waals surface area contributed by atoms with Gasteiger partial charge in [0.25, 0.3) is 5.54 Å². The fourth-order valence-electron chi connectivity index (χ4n) is 3.81. The molecule has 0 spiro atoms. The van der Waals surface area contributed by atoms with Crippen molar-refractivity contribution in [3.63, 3.8) is 0 Å². The van der Waals surface area contributed by atoms with Crippen molar-refractivity contribution in [1.29, 1.82) is 0 Å². The number of nitrogens with one attached hydrogen (secondary N) is 1. The molecule has 0 saturated carbocycles. The number of anilines is 1. The fourth-order valence-corrected chi connectivity index (χ4v) is 3.81. The Bertz CT molecular complexity index is 1220. The number of carbonyl (C=O) groups excluding carboxylic acids is 2. The molecule has 2 heterocycles. The van der Waals surface area contributed by atoms with Gasteiger partial charge in [-0.15, -0.1) is 0 Å². The van der Waals surface area contributed by atoms with E-state index in [9.17, 15) is 40.3 Å². The van der Waals surface area contributed by atoms with Gasteiger partial charge in [0.15, 0.2) is 5.84 Å². The number of aliphatic imine (C=N–C) groups is 2. The number of imide groups is 1. The van der Waals surface area contributed by atoms with E-state index < -0.39 is 53.2 Å². The van der Waals surface area contributed by atoms with Crippen LogP contribution in [0.15, 0.2) is 58.5 Å². The van der Waals surface area contributed by atoms with E-state index in [4.69, 9.17) is 0 Å². The number of alkyl halides is 6. The number of nitrogens with zero attached hydrogens (tertiary/aromatic N) is 3. The van der Waals surface area contributed by atoms with Crippen LogP contribution in [0.4, 0.5) is 41.2 Å². The quantitative estimate of drug-likeness (QED) is 0.634. The van der Waals surface area contributed by atoms with Gasteiger partial charge in [-0.3, -0.25) is 10.1 Å². The minimum absolute atomic E-state index is 0.193. The highest BCUT2D eigenvalue weighted by atomic mass is 19.4. The van der Waals surface area contributed by atoms with Crippen LogP contribution in [0.25, 0.3) is 0 Å². The first-order valence-corrected chi connectivity index (χ1v) is 9.56. The van der Waals surface area contributed by atoms with E-state index in [0.717, 1.165) is 24.3 Å². The molecule has 1 saturated heterocycles. The Morgan fingerprint density at radius 2 is 1.59 bits per heavy atom. The summed E-state index contributed by atoms with van der Waals surface area (Å²) in [6, 6.07) is 7.60. The Labute approximate surface area is 186 Å². The summed E-state index contributed by atoms with van der Waals surface area (Å²) in [4.78, 5) is 32.3. The molecule has 0 radical (unpaired) electrons. The molecule has 6 nitrogen and oxygen atoms in total. The monoisotopic (exact) mass is 486 g/mol. The number of amidine groups is 2. The summed E-state index contributed by atoms with van der Waals surface area (Å²) in [5.74, 6) is -7.84. The van der Waals surface area contributed by atoms with E-state index in [1.165, 1.54) is 23.5 Å². The maximum Gasteiger partial charge on any atom is 0.423 e. The van der Waals surface area contributed by atoms with E-state index in [1.807, 2.05) is 0 Å². The molecule has 13 heteroatoms. The predicted molar refractivity (Wildman–Crippen MR) is 106 cm³/mol. The lowest BCUT2D eigenvalue weighted by Gasteiger charge is -2.45. The van der Waals surface area contributed by atoms with Gasteiger partial charge in [0.2, 0.25) is 5.91 Å². The number of amides is 3. The third-order valence-electron chi connectivity index (χ3n) is 5.33. The molecule has 34 heavy (non-hydrogen) atoms. The summed E-state index contributed by atoms with van der Waals surface area (Å²) in [7, 11) is 0. The minimum Gasteiger partial charge on any atom is -0.277 e. The molecular weight excluding hydrogens is 473 g/mol. The number of fused-ring (bicyclic) bond motifs is 1. The van der Waals surface area contributed by atoms with Crippen LogP contribution in [0.5, 0.6) is 0 Å². The molecule has 1 fully saturated rings. The summed E-state index contributed by atoms with van der Waals surface area (Å²) in [6.07, 6.45) is -12.2. The van der Waals surface area contributed by atoms with Gasteiger partial charge in [0.05, 0.1) is 5.69 Å². The molecule has 1 atom stereocenters. The molecule has 1 N–H and O–H groups in total. The van der Waals surface area contributed by atoms with Crippen LogP contribution in [0.3, 0.4) is 0 Å². The Kier molecular flexibility index (Phi) is 5.25. The zero-order valence-electron chi connectivity index (χ0n) is 17.0. The number of aryl methyl sites for hydroxylation is 1. The maximum atomic E-state index is 14.3. The van der Waals surface area contributed by atoms with E-state index >= 15 is 0 Å². The SMILES string of the molecule is Cc1cccc(C2=NC(C(F)(F)F)(C(F)(F)F)C3C(=O)NC(=O)N(c4ccc(F)cc4)C3=N2)c1. The van der Waals surface area contributed by atoms with Crippen molar-refractivity contribution in [2.45, 2.75) is 24.8 Å². The maximum absolute atomic E-state index is 14.3. The van der Waals surface area contributed by atoms with E-state index in [-0.39, 0.29) is 11.3 Å². The second-order valence-electron chi connectivity index (χ2n) is 7.58. The van der Waals surface area contributed by atoms with Crippen molar-refractivity contribution in [2.75, 3.05) is 4.90 Å². The zero-order valence-corrected chi connectivity index (χ0v) is 17.0. The summed E-state index contributed by atoms with van der Waals surface area (Å²) in [5.41, 5.74) is -4.96. The number of urea groups is 1. The van der Waals surface area contributed by atoms with Gasteiger partial charge in [-0.05, 0) is 37.3 Å². The lowest BCUT2D eigenvalue weighted by Crippen LogP contribution is -2.73. The van der Waals surface area contributed by atoms with Crippen molar-refractivity contribution < 1.29 is 40.3 Å².